The largest absolute Gasteiger partial charge is 0.506 e. The summed E-state index contributed by atoms with van der Waals surface area (Å²) in [7, 11) is 3.23. The van der Waals surface area contributed by atoms with Gasteiger partial charge in [0.25, 0.3) is 0 Å². The van der Waals surface area contributed by atoms with Crippen molar-refractivity contribution in [1.29, 1.82) is 0 Å². The van der Waals surface area contributed by atoms with Crippen molar-refractivity contribution in [1.82, 2.24) is 4.90 Å². The van der Waals surface area contributed by atoms with Crippen molar-refractivity contribution in [3.63, 3.8) is 0 Å². The van der Waals surface area contributed by atoms with Gasteiger partial charge in [0.05, 0.1) is 12.3 Å². The summed E-state index contributed by atoms with van der Waals surface area (Å²) in [4.78, 5) is 12.7. The van der Waals surface area contributed by atoms with Crippen LogP contribution in [-0.2, 0) is 0 Å². The Balaban J connectivity index is 2.72. The minimum Gasteiger partial charge on any atom is -0.506 e. The quantitative estimate of drug-likeness (QED) is 0.588. The van der Waals surface area contributed by atoms with E-state index in [1.54, 1.807) is 26.2 Å². The predicted octanol–water partition coefficient (Wildman–Crippen LogP) is 0.890. The van der Waals surface area contributed by atoms with Crippen molar-refractivity contribution < 1.29 is 15.0 Å². The molecule has 2 amide bonds. The van der Waals surface area contributed by atoms with Gasteiger partial charge < -0.3 is 25.7 Å². The highest BCUT2D eigenvalue weighted by Gasteiger charge is 2.08. The van der Waals surface area contributed by atoms with E-state index in [4.69, 9.17) is 5.11 Å². The van der Waals surface area contributed by atoms with Crippen LogP contribution < -0.4 is 10.6 Å². The molecule has 94 valence electrons. The third-order valence-corrected chi connectivity index (χ3v) is 2.09. The lowest BCUT2D eigenvalue weighted by Crippen LogP contribution is -2.27. The van der Waals surface area contributed by atoms with Gasteiger partial charge in [-0.25, -0.2) is 4.79 Å². The SMILES string of the molecule is CN(C)C(=O)Nc1ccc(NCCO)cc1O. The minimum absolute atomic E-state index is 0.0138. The molecule has 1 rings (SSSR count). The van der Waals surface area contributed by atoms with E-state index < -0.39 is 0 Å². The van der Waals surface area contributed by atoms with Gasteiger partial charge in [0.2, 0.25) is 0 Å². The van der Waals surface area contributed by atoms with Gasteiger partial charge in [-0.05, 0) is 12.1 Å². The first kappa shape index (κ1) is 13.1. The fraction of sp³-hybridized carbons (Fsp3) is 0.364. The Hall–Kier alpha value is -1.95. The standard InChI is InChI=1S/C11H17N3O3/c1-14(2)11(17)13-9-4-3-8(7-10(9)16)12-5-6-15/h3-4,7,12,15-16H,5-6H2,1-2H3,(H,13,17). The van der Waals surface area contributed by atoms with Crippen LogP contribution in [-0.4, -0.2) is 48.4 Å². The van der Waals surface area contributed by atoms with Crippen LogP contribution in [0.15, 0.2) is 18.2 Å². The fourth-order valence-corrected chi connectivity index (χ4v) is 1.17. The highest BCUT2D eigenvalue weighted by molar-refractivity contribution is 5.90. The number of benzene rings is 1. The minimum atomic E-state index is -0.309. The molecule has 1 aromatic carbocycles. The van der Waals surface area contributed by atoms with E-state index in [0.717, 1.165) is 0 Å². The topological polar surface area (TPSA) is 84.8 Å². The van der Waals surface area contributed by atoms with Crippen molar-refractivity contribution in [2.45, 2.75) is 0 Å². The maximum atomic E-state index is 11.4. The van der Waals surface area contributed by atoms with E-state index >= 15 is 0 Å². The maximum Gasteiger partial charge on any atom is 0.321 e. The van der Waals surface area contributed by atoms with Gasteiger partial charge in [-0.15, -0.1) is 0 Å². The zero-order valence-electron chi connectivity index (χ0n) is 9.90. The molecule has 0 aliphatic carbocycles. The third-order valence-electron chi connectivity index (χ3n) is 2.09. The van der Waals surface area contributed by atoms with Crippen molar-refractivity contribution in [3.8, 4) is 5.75 Å². The normalized spacial score (nSPS) is 9.82. The van der Waals surface area contributed by atoms with Crippen LogP contribution in [0, 0.1) is 0 Å². The van der Waals surface area contributed by atoms with Crippen LogP contribution in [0.1, 0.15) is 0 Å². The highest BCUT2D eigenvalue weighted by atomic mass is 16.3. The molecule has 6 nitrogen and oxygen atoms in total. The van der Waals surface area contributed by atoms with Crippen LogP contribution in [0.25, 0.3) is 0 Å². The van der Waals surface area contributed by atoms with E-state index in [0.29, 0.717) is 17.9 Å². The number of aromatic hydroxyl groups is 1. The molecule has 4 N–H and O–H groups in total. The summed E-state index contributed by atoms with van der Waals surface area (Å²) in [6.45, 7) is 0.419. The molecule has 0 atom stereocenters. The highest BCUT2D eigenvalue weighted by Crippen LogP contribution is 2.26. The van der Waals surface area contributed by atoms with Crippen LogP contribution in [0.4, 0.5) is 16.2 Å². The Morgan fingerprint density at radius 3 is 2.65 bits per heavy atom. The molecule has 0 radical (unpaired) electrons. The summed E-state index contributed by atoms with van der Waals surface area (Å²) in [5.41, 5.74) is 1.03. The average molecular weight is 239 g/mol. The van der Waals surface area contributed by atoms with Crippen molar-refractivity contribution >= 4 is 17.4 Å². The molecule has 0 saturated heterocycles. The summed E-state index contributed by atoms with van der Waals surface area (Å²) in [5.74, 6) is -0.0249. The Labute approximate surface area is 99.9 Å². The predicted molar refractivity (Wildman–Crippen MR) is 66.4 cm³/mol. The monoisotopic (exact) mass is 239 g/mol. The summed E-state index contributed by atoms with van der Waals surface area (Å²) >= 11 is 0. The third kappa shape index (κ3) is 3.84. The van der Waals surface area contributed by atoms with Crippen LogP contribution in [0.3, 0.4) is 0 Å². The molecule has 0 aromatic heterocycles. The number of nitrogens with one attached hydrogen (secondary N) is 2. The van der Waals surface area contributed by atoms with Gasteiger partial charge in [0, 0.05) is 32.4 Å². The molecule has 0 fully saturated rings. The van der Waals surface area contributed by atoms with Gasteiger partial charge in [-0.2, -0.15) is 0 Å². The molecule has 0 aliphatic rings. The van der Waals surface area contributed by atoms with Gasteiger partial charge >= 0.3 is 6.03 Å². The number of rotatable bonds is 4. The number of anilines is 2. The zero-order valence-corrected chi connectivity index (χ0v) is 9.90. The first-order valence-corrected chi connectivity index (χ1v) is 5.20. The Bertz CT molecular complexity index is 394. The van der Waals surface area contributed by atoms with E-state index in [1.165, 1.54) is 11.0 Å². The number of hydrogen-bond acceptors (Lipinski definition) is 4. The molecule has 0 heterocycles. The summed E-state index contributed by atoms with van der Waals surface area (Å²) in [6.07, 6.45) is 0. The van der Waals surface area contributed by atoms with E-state index in [-0.39, 0.29) is 18.4 Å². The second kappa shape index (κ2) is 5.95. The van der Waals surface area contributed by atoms with Gasteiger partial charge in [-0.1, -0.05) is 0 Å². The molecular formula is C11H17N3O3. The zero-order chi connectivity index (χ0) is 12.8. The molecule has 0 aliphatic heterocycles. The smallest absolute Gasteiger partial charge is 0.321 e. The van der Waals surface area contributed by atoms with Crippen LogP contribution in [0.2, 0.25) is 0 Å². The summed E-state index contributed by atoms with van der Waals surface area (Å²) < 4.78 is 0. The lowest BCUT2D eigenvalue weighted by molar-refractivity contribution is 0.230. The Morgan fingerprint density at radius 2 is 2.12 bits per heavy atom. The van der Waals surface area contributed by atoms with Crippen molar-refractivity contribution in [2.24, 2.45) is 0 Å². The summed E-state index contributed by atoms with van der Waals surface area (Å²) in [6, 6.07) is 4.48. The first-order chi connectivity index (χ1) is 8.04. The molecule has 0 saturated carbocycles. The van der Waals surface area contributed by atoms with Crippen LogP contribution >= 0.6 is 0 Å². The molecule has 6 heteroatoms. The number of phenolic OH excluding ortho intramolecular Hbond substituents is 1. The summed E-state index contributed by atoms with van der Waals surface area (Å²) in [5, 5.41) is 23.8. The second-order valence-corrected chi connectivity index (χ2v) is 3.71. The van der Waals surface area contributed by atoms with Gasteiger partial charge in [0.1, 0.15) is 5.75 Å². The molecule has 0 unspecified atom stereocenters. The van der Waals surface area contributed by atoms with Gasteiger partial charge in [0.15, 0.2) is 0 Å². The Morgan fingerprint density at radius 1 is 1.41 bits per heavy atom. The van der Waals surface area contributed by atoms with E-state index in [9.17, 15) is 9.90 Å². The first-order valence-electron chi connectivity index (χ1n) is 5.20. The second-order valence-electron chi connectivity index (χ2n) is 3.71. The number of nitrogens with zero attached hydrogens (tertiary/aromatic N) is 1. The molecule has 17 heavy (non-hydrogen) atoms. The Kier molecular flexibility index (Phi) is 4.59. The number of phenols is 1. The molecule has 1 aromatic rings. The number of aliphatic hydroxyl groups excluding tert-OH is 1. The van der Waals surface area contributed by atoms with Gasteiger partial charge in [-0.3, -0.25) is 0 Å². The molecule has 0 spiro atoms. The maximum absolute atomic E-state index is 11.4. The number of hydrogen-bond donors (Lipinski definition) is 4. The van der Waals surface area contributed by atoms with Crippen molar-refractivity contribution in [2.75, 3.05) is 37.9 Å². The lowest BCUT2D eigenvalue weighted by atomic mass is 10.2. The number of amides is 2. The van der Waals surface area contributed by atoms with Crippen LogP contribution in [0.5, 0.6) is 5.75 Å². The fourth-order valence-electron chi connectivity index (χ4n) is 1.17. The molecular weight excluding hydrogens is 222 g/mol. The van der Waals surface area contributed by atoms with E-state index in [2.05, 4.69) is 10.6 Å². The lowest BCUT2D eigenvalue weighted by Gasteiger charge is -2.13. The number of carbonyl (C=O) groups excluding carboxylic acids is 1. The van der Waals surface area contributed by atoms with Crippen molar-refractivity contribution in [3.05, 3.63) is 18.2 Å². The van der Waals surface area contributed by atoms with E-state index in [1.807, 2.05) is 0 Å². The average Bonchev–Trinajstić information content (AvgIpc) is 2.29. The number of urea groups is 1. The molecule has 0 bridgehead atoms. The number of carbonyl (C=O) groups is 1. The number of aliphatic hydroxyl groups is 1.